The molecule has 0 atom stereocenters. The molecule has 2 aromatic heterocycles. The molecule has 0 spiro atoms. The number of fused-ring (bicyclic) bond motifs is 1. The number of guanidine groups is 1. The number of carbonyl (C=O) groups is 1. The maximum Gasteiger partial charge on any atom is 0.276 e. The smallest absolute Gasteiger partial charge is 0.276 e. The van der Waals surface area contributed by atoms with E-state index in [0.717, 1.165) is 33.0 Å². The van der Waals surface area contributed by atoms with Gasteiger partial charge in [-0.05, 0) is 44.4 Å². The second kappa shape index (κ2) is 7.81. The lowest BCUT2D eigenvalue weighted by molar-refractivity contribution is 0.0864. The Hall–Kier alpha value is -2.84. The Morgan fingerprint density at radius 3 is 2.63 bits per heavy atom. The molecule has 0 saturated carbocycles. The van der Waals surface area contributed by atoms with Gasteiger partial charge in [0.05, 0.1) is 0 Å². The van der Waals surface area contributed by atoms with Crippen molar-refractivity contribution in [2.24, 2.45) is 5.73 Å². The zero-order valence-electron chi connectivity index (χ0n) is 15.6. The second-order valence-electron chi connectivity index (χ2n) is 6.58. The number of nitrogens with two attached hydrogens (primary N) is 1. The number of aromatic amines is 1. The van der Waals surface area contributed by atoms with E-state index >= 15 is 0 Å². The van der Waals surface area contributed by atoms with Crippen LogP contribution in [0.1, 0.15) is 20.2 Å². The van der Waals surface area contributed by atoms with Crippen LogP contribution in [0, 0.1) is 5.41 Å². The standard InChI is InChI=1S/C19H23N5O2S/c1-23(2)10-14-6-7-15(27-14)11-26-13-5-4-12-8-17(22-16(12)9-13)18(25)24(3)19(20)21/h4-9,22H,10-11H2,1-3H3,(H3,20,21). The summed E-state index contributed by atoms with van der Waals surface area (Å²) >= 11 is 1.74. The van der Waals surface area contributed by atoms with Crippen molar-refractivity contribution < 1.29 is 9.53 Å². The van der Waals surface area contributed by atoms with Crippen molar-refractivity contribution in [3.63, 3.8) is 0 Å². The first-order chi connectivity index (χ1) is 12.8. The molecule has 3 aromatic rings. The molecule has 4 N–H and O–H groups in total. The van der Waals surface area contributed by atoms with Gasteiger partial charge in [-0.15, -0.1) is 11.3 Å². The third-order valence-electron chi connectivity index (χ3n) is 4.06. The van der Waals surface area contributed by atoms with Gasteiger partial charge in [0.1, 0.15) is 18.1 Å². The number of hydrogen-bond donors (Lipinski definition) is 3. The van der Waals surface area contributed by atoms with Gasteiger partial charge >= 0.3 is 0 Å². The van der Waals surface area contributed by atoms with Crippen LogP contribution in [0.4, 0.5) is 0 Å². The van der Waals surface area contributed by atoms with Gasteiger partial charge in [-0.3, -0.25) is 15.1 Å². The zero-order chi connectivity index (χ0) is 19.6. The first kappa shape index (κ1) is 18.9. The number of nitrogens with zero attached hydrogens (tertiary/aromatic N) is 2. The predicted octanol–water partition coefficient (Wildman–Crippen LogP) is 2.84. The summed E-state index contributed by atoms with van der Waals surface area (Å²) in [6.45, 7) is 1.42. The van der Waals surface area contributed by atoms with Gasteiger partial charge in [0.25, 0.3) is 5.91 Å². The summed E-state index contributed by atoms with van der Waals surface area (Å²) in [7, 11) is 5.57. The van der Waals surface area contributed by atoms with Gasteiger partial charge < -0.3 is 20.4 Å². The quantitative estimate of drug-likeness (QED) is 0.449. The summed E-state index contributed by atoms with van der Waals surface area (Å²) in [5, 5.41) is 8.27. The van der Waals surface area contributed by atoms with Crippen LogP contribution < -0.4 is 10.5 Å². The number of benzene rings is 1. The number of thiophene rings is 1. The first-order valence-corrected chi connectivity index (χ1v) is 9.25. The monoisotopic (exact) mass is 385 g/mol. The molecule has 0 bridgehead atoms. The Morgan fingerprint density at radius 1 is 1.19 bits per heavy atom. The van der Waals surface area contributed by atoms with Crippen molar-refractivity contribution in [1.82, 2.24) is 14.8 Å². The highest BCUT2D eigenvalue weighted by molar-refractivity contribution is 7.11. The molecule has 2 heterocycles. The zero-order valence-corrected chi connectivity index (χ0v) is 16.4. The Morgan fingerprint density at radius 2 is 1.93 bits per heavy atom. The largest absolute Gasteiger partial charge is 0.488 e. The van der Waals surface area contributed by atoms with Crippen molar-refractivity contribution in [2.45, 2.75) is 13.2 Å². The van der Waals surface area contributed by atoms with Crippen molar-refractivity contribution in [3.8, 4) is 5.75 Å². The molecule has 0 aliphatic carbocycles. The SMILES string of the molecule is CN(C)Cc1ccc(COc2ccc3cc(C(=O)N(C)C(=N)N)[nH]c3c2)s1. The number of hydrogen-bond acceptors (Lipinski definition) is 5. The van der Waals surface area contributed by atoms with Gasteiger partial charge in [-0.25, -0.2) is 0 Å². The molecule has 1 amide bonds. The fraction of sp³-hybridized carbons (Fsp3) is 0.263. The molecule has 3 rings (SSSR count). The molecular formula is C19H23N5O2S. The Balaban J connectivity index is 1.70. The van der Waals surface area contributed by atoms with E-state index in [1.54, 1.807) is 17.4 Å². The highest BCUT2D eigenvalue weighted by Gasteiger charge is 2.16. The van der Waals surface area contributed by atoms with Crippen molar-refractivity contribution in [2.75, 3.05) is 21.1 Å². The van der Waals surface area contributed by atoms with E-state index in [1.807, 2.05) is 18.2 Å². The molecule has 0 unspecified atom stereocenters. The lowest BCUT2D eigenvalue weighted by atomic mass is 10.2. The molecule has 0 saturated heterocycles. The number of aromatic nitrogens is 1. The van der Waals surface area contributed by atoms with Crippen molar-refractivity contribution >= 4 is 34.1 Å². The summed E-state index contributed by atoms with van der Waals surface area (Å²) < 4.78 is 5.90. The number of rotatable bonds is 6. The predicted molar refractivity (Wildman–Crippen MR) is 108 cm³/mol. The summed E-state index contributed by atoms with van der Waals surface area (Å²) in [5.41, 5.74) is 6.55. The molecule has 142 valence electrons. The normalized spacial score (nSPS) is 11.1. The van der Waals surface area contributed by atoms with Crippen molar-refractivity contribution in [3.05, 3.63) is 51.8 Å². The van der Waals surface area contributed by atoms with Crippen LogP contribution in [0.25, 0.3) is 10.9 Å². The second-order valence-corrected chi connectivity index (χ2v) is 7.83. The van der Waals surface area contributed by atoms with Gasteiger partial charge in [-0.1, -0.05) is 0 Å². The van der Waals surface area contributed by atoms with E-state index in [9.17, 15) is 4.79 Å². The van der Waals surface area contributed by atoms with Crippen molar-refractivity contribution in [1.29, 1.82) is 5.41 Å². The van der Waals surface area contributed by atoms with Crippen LogP contribution in [-0.2, 0) is 13.2 Å². The minimum absolute atomic E-state index is 0.299. The van der Waals surface area contributed by atoms with Crippen LogP contribution in [0.2, 0.25) is 0 Å². The number of ether oxygens (including phenoxy) is 1. The molecule has 0 fully saturated rings. The van der Waals surface area contributed by atoms with E-state index in [1.165, 1.54) is 11.9 Å². The van der Waals surface area contributed by atoms with E-state index < -0.39 is 0 Å². The van der Waals surface area contributed by atoms with E-state index in [2.05, 4.69) is 36.1 Å². The summed E-state index contributed by atoms with van der Waals surface area (Å²) in [6.07, 6.45) is 0. The maximum atomic E-state index is 12.3. The van der Waals surface area contributed by atoms with Crippen LogP contribution >= 0.6 is 11.3 Å². The average molecular weight is 385 g/mol. The third-order valence-corrected chi connectivity index (χ3v) is 5.10. The molecule has 0 aliphatic rings. The maximum absolute atomic E-state index is 12.3. The number of nitrogens with one attached hydrogen (secondary N) is 2. The number of amides is 1. The average Bonchev–Trinajstić information content (AvgIpc) is 3.24. The minimum Gasteiger partial charge on any atom is -0.488 e. The molecule has 0 aliphatic heterocycles. The molecule has 27 heavy (non-hydrogen) atoms. The van der Waals surface area contributed by atoms with E-state index in [-0.39, 0.29) is 11.9 Å². The molecule has 8 heteroatoms. The lowest BCUT2D eigenvalue weighted by Gasteiger charge is -2.12. The van der Waals surface area contributed by atoms with E-state index in [4.69, 9.17) is 15.9 Å². The highest BCUT2D eigenvalue weighted by atomic mass is 32.1. The van der Waals surface area contributed by atoms with Crippen LogP contribution in [-0.4, -0.2) is 47.8 Å². The van der Waals surface area contributed by atoms with Crippen LogP contribution in [0.15, 0.2) is 36.4 Å². The third kappa shape index (κ3) is 4.47. The van der Waals surface area contributed by atoms with Crippen LogP contribution in [0.3, 0.4) is 0 Å². The number of carbonyl (C=O) groups excluding carboxylic acids is 1. The Bertz CT molecular complexity index is 976. The van der Waals surface area contributed by atoms with Gasteiger partial charge in [0.15, 0.2) is 5.96 Å². The summed E-state index contributed by atoms with van der Waals surface area (Å²) in [6, 6.07) is 11.6. The Labute approximate surface area is 161 Å². The lowest BCUT2D eigenvalue weighted by Crippen LogP contribution is -2.38. The van der Waals surface area contributed by atoms with Crippen LogP contribution in [0.5, 0.6) is 5.75 Å². The molecular weight excluding hydrogens is 362 g/mol. The Kier molecular flexibility index (Phi) is 5.48. The van der Waals surface area contributed by atoms with Gasteiger partial charge in [0, 0.05) is 40.3 Å². The summed E-state index contributed by atoms with van der Waals surface area (Å²) in [5.74, 6) is 0.0752. The first-order valence-electron chi connectivity index (χ1n) is 8.43. The topological polar surface area (TPSA) is 98.4 Å². The summed E-state index contributed by atoms with van der Waals surface area (Å²) in [4.78, 5) is 21.0. The van der Waals surface area contributed by atoms with Gasteiger partial charge in [-0.2, -0.15) is 0 Å². The fourth-order valence-corrected chi connectivity index (χ4v) is 3.70. The van der Waals surface area contributed by atoms with E-state index in [0.29, 0.717) is 12.3 Å². The highest BCUT2D eigenvalue weighted by Crippen LogP contribution is 2.24. The fourth-order valence-electron chi connectivity index (χ4n) is 2.65. The van der Waals surface area contributed by atoms with Gasteiger partial charge in [0.2, 0.25) is 0 Å². The number of H-pyrrole nitrogens is 1. The minimum atomic E-state index is -0.354. The molecule has 7 nitrogen and oxygen atoms in total. The molecule has 0 radical (unpaired) electrons. The molecule has 1 aromatic carbocycles.